The molecule has 2 aromatic rings. The van der Waals surface area contributed by atoms with Crippen LogP contribution in [-0.4, -0.2) is 30.7 Å². The molecule has 0 saturated carbocycles. The van der Waals surface area contributed by atoms with Crippen LogP contribution >= 0.6 is 0 Å². The third-order valence-corrected chi connectivity index (χ3v) is 3.92. The van der Waals surface area contributed by atoms with Gasteiger partial charge in [-0.15, -0.1) is 0 Å². The van der Waals surface area contributed by atoms with E-state index >= 15 is 0 Å². The molecule has 0 aliphatic carbocycles. The first-order valence-electron chi connectivity index (χ1n) is 8.59. The molecule has 0 heterocycles. The Morgan fingerprint density at radius 2 is 1.85 bits per heavy atom. The van der Waals surface area contributed by atoms with E-state index in [-0.39, 0.29) is 23.7 Å². The van der Waals surface area contributed by atoms with E-state index in [1.807, 2.05) is 0 Å². The van der Waals surface area contributed by atoms with Crippen LogP contribution in [0.2, 0.25) is 0 Å². The summed E-state index contributed by atoms with van der Waals surface area (Å²) in [6, 6.07) is 11.9. The van der Waals surface area contributed by atoms with Gasteiger partial charge in [-0.05, 0) is 24.3 Å². The summed E-state index contributed by atoms with van der Waals surface area (Å²) in [5, 5.41) is 5.30. The van der Waals surface area contributed by atoms with E-state index < -0.39 is 17.6 Å². The highest BCUT2D eigenvalue weighted by atomic mass is 19.1. The van der Waals surface area contributed by atoms with Gasteiger partial charge in [-0.1, -0.05) is 31.2 Å². The molecule has 0 aliphatic heterocycles. The Hall–Kier alpha value is -3.06. The van der Waals surface area contributed by atoms with Crippen molar-refractivity contribution in [2.24, 2.45) is 11.7 Å². The van der Waals surface area contributed by atoms with Gasteiger partial charge in [-0.3, -0.25) is 14.4 Å². The van der Waals surface area contributed by atoms with E-state index in [4.69, 9.17) is 5.73 Å². The normalized spacial score (nSPS) is 11.5. The highest BCUT2D eigenvalue weighted by Crippen LogP contribution is 2.18. The quantitative estimate of drug-likeness (QED) is 0.620. The van der Waals surface area contributed by atoms with E-state index in [2.05, 4.69) is 10.6 Å². The minimum atomic E-state index is -0.634. The van der Waals surface area contributed by atoms with Crippen molar-refractivity contribution in [2.45, 2.75) is 13.3 Å². The van der Waals surface area contributed by atoms with Crippen LogP contribution in [0.5, 0.6) is 0 Å². The van der Waals surface area contributed by atoms with Gasteiger partial charge in [0.1, 0.15) is 5.82 Å². The van der Waals surface area contributed by atoms with Crippen LogP contribution in [-0.2, 0) is 4.79 Å². The average molecular weight is 371 g/mol. The maximum atomic E-state index is 13.3. The molecule has 4 N–H and O–H groups in total. The summed E-state index contributed by atoms with van der Waals surface area (Å²) in [5.74, 6) is -2.22. The van der Waals surface area contributed by atoms with E-state index in [9.17, 15) is 18.8 Å². The molecule has 142 valence electrons. The summed E-state index contributed by atoms with van der Waals surface area (Å²) in [4.78, 5) is 36.8. The number of anilines is 1. The number of nitrogens with two attached hydrogens (primary N) is 1. The fourth-order valence-electron chi connectivity index (χ4n) is 2.57. The molecule has 0 saturated heterocycles. The number of carbonyl (C=O) groups excluding carboxylic acids is 3. The number of rotatable bonds is 8. The summed E-state index contributed by atoms with van der Waals surface area (Å²) >= 11 is 0. The predicted molar refractivity (Wildman–Crippen MR) is 101 cm³/mol. The number of hydrogen-bond donors (Lipinski definition) is 3. The van der Waals surface area contributed by atoms with Crippen LogP contribution in [0.3, 0.4) is 0 Å². The number of carbonyl (C=O) groups is 3. The lowest BCUT2D eigenvalue weighted by Gasteiger charge is -2.13. The Bertz CT molecular complexity index is 839. The maximum absolute atomic E-state index is 13.3. The molecule has 7 heteroatoms. The smallest absolute Gasteiger partial charge is 0.253 e. The third kappa shape index (κ3) is 5.72. The van der Waals surface area contributed by atoms with Crippen LogP contribution in [0.4, 0.5) is 10.1 Å². The first-order chi connectivity index (χ1) is 12.9. The van der Waals surface area contributed by atoms with Crippen molar-refractivity contribution in [3.63, 3.8) is 0 Å². The first kappa shape index (κ1) is 20.3. The number of para-hydroxylation sites is 1. The molecule has 0 radical (unpaired) electrons. The Morgan fingerprint density at radius 3 is 2.56 bits per heavy atom. The van der Waals surface area contributed by atoms with Gasteiger partial charge >= 0.3 is 0 Å². The van der Waals surface area contributed by atoms with Gasteiger partial charge in [0.25, 0.3) is 5.91 Å². The Labute approximate surface area is 156 Å². The Balaban J connectivity index is 2.03. The molecule has 0 spiro atoms. The summed E-state index contributed by atoms with van der Waals surface area (Å²) in [7, 11) is 0. The zero-order valence-corrected chi connectivity index (χ0v) is 15.0. The second kappa shape index (κ2) is 9.59. The summed E-state index contributed by atoms with van der Waals surface area (Å²) < 4.78 is 13.3. The molecule has 0 aliphatic rings. The standard InChI is InChI=1S/C20H22FN3O3/c1-13(19(26)14-5-4-6-15(21)12-14)11-18(25)24-17-8-3-2-7-16(17)20(27)23-10-9-22/h2-8,12-13H,9-11,22H2,1H3,(H,23,27)(H,24,25). The number of ketones is 1. The zero-order chi connectivity index (χ0) is 19.8. The van der Waals surface area contributed by atoms with Crippen LogP contribution in [0.15, 0.2) is 48.5 Å². The zero-order valence-electron chi connectivity index (χ0n) is 15.0. The summed E-state index contributed by atoms with van der Waals surface area (Å²) in [6.45, 7) is 2.23. The lowest BCUT2D eigenvalue weighted by molar-refractivity contribution is -0.116. The number of amides is 2. The van der Waals surface area contributed by atoms with Gasteiger partial charge in [-0.2, -0.15) is 0 Å². The van der Waals surface area contributed by atoms with E-state index in [0.717, 1.165) is 6.07 Å². The first-order valence-corrected chi connectivity index (χ1v) is 8.59. The fourth-order valence-corrected chi connectivity index (χ4v) is 2.57. The number of hydrogen-bond acceptors (Lipinski definition) is 4. The van der Waals surface area contributed by atoms with Crippen molar-refractivity contribution in [1.82, 2.24) is 5.32 Å². The van der Waals surface area contributed by atoms with Gasteiger partial charge in [0.2, 0.25) is 5.91 Å². The molecule has 2 aromatic carbocycles. The highest BCUT2D eigenvalue weighted by molar-refractivity contribution is 6.05. The van der Waals surface area contributed by atoms with Crippen molar-refractivity contribution in [2.75, 3.05) is 18.4 Å². The molecular weight excluding hydrogens is 349 g/mol. The minimum absolute atomic E-state index is 0.0892. The topological polar surface area (TPSA) is 101 Å². The lowest BCUT2D eigenvalue weighted by atomic mass is 9.96. The molecule has 0 fully saturated rings. The van der Waals surface area contributed by atoms with Crippen LogP contribution in [0.25, 0.3) is 0 Å². The van der Waals surface area contributed by atoms with Gasteiger partial charge in [0, 0.05) is 31.0 Å². The maximum Gasteiger partial charge on any atom is 0.253 e. The van der Waals surface area contributed by atoms with Crippen LogP contribution in [0, 0.1) is 11.7 Å². The molecule has 0 aromatic heterocycles. The van der Waals surface area contributed by atoms with E-state index in [1.54, 1.807) is 31.2 Å². The number of Topliss-reactive ketones (excluding diaryl/α,β-unsaturated/α-hetero) is 1. The van der Waals surface area contributed by atoms with E-state index in [0.29, 0.717) is 24.3 Å². The average Bonchev–Trinajstić information content (AvgIpc) is 2.65. The fraction of sp³-hybridized carbons (Fsp3) is 0.250. The van der Waals surface area contributed by atoms with Crippen LogP contribution < -0.4 is 16.4 Å². The minimum Gasteiger partial charge on any atom is -0.351 e. The predicted octanol–water partition coefficient (Wildman–Crippen LogP) is 2.36. The molecule has 2 amide bonds. The SMILES string of the molecule is CC(CC(=O)Nc1ccccc1C(=O)NCCN)C(=O)c1cccc(F)c1. The number of nitrogens with one attached hydrogen (secondary N) is 2. The second-order valence-electron chi connectivity index (χ2n) is 6.12. The summed E-state index contributed by atoms with van der Waals surface area (Å²) in [6.07, 6.45) is -0.0892. The van der Waals surface area contributed by atoms with Crippen molar-refractivity contribution >= 4 is 23.3 Å². The van der Waals surface area contributed by atoms with Gasteiger partial charge < -0.3 is 16.4 Å². The molecule has 0 bridgehead atoms. The highest BCUT2D eigenvalue weighted by Gasteiger charge is 2.20. The molecule has 1 atom stereocenters. The number of halogens is 1. The lowest BCUT2D eigenvalue weighted by Crippen LogP contribution is -2.30. The number of benzene rings is 2. The summed E-state index contributed by atoms with van der Waals surface area (Å²) in [5.41, 5.74) is 6.25. The molecule has 1 unspecified atom stereocenters. The van der Waals surface area contributed by atoms with Crippen molar-refractivity contribution in [1.29, 1.82) is 0 Å². The van der Waals surface area contributed by atoms with E-state index in [1.165, 1.54) is 18.2 Å². The Morgan fingerprint density at radius 1 is 1.11 bits per heavy atom. The van der Waals surface area contributed by atoms with Crippen molar-refractivity contribution < 1.29 is 18.8 Å². The van der Waals surface area contributed by atoms with Crippen molar-refractivity contribution in [3.05, 3.63) is 65.5 Å². The van der Waals surface area contributed by atoms with Gasteiger partial charge in [-0.25, -0.2) is 4.39 Å². The largest absolute Gasteiger partial charge is 0.351 e. The molecular formula is C20H22FN3O3. The van der Waals surface area contributed by atoms with Crippen molar-refractivity contribution in [3.8, 4) is 0 Å². The second-order valence-corrected chi connectivity index (χ2v) is 6.12. The van der Waals surface area contributed by atoms with Gasteiger partial charge in [0.15, 0.2) is 5.78 Å². The molecule has 27 heavy (non-hydrogen) atoms. The third-order valence-electron chi connectivity index (χ3n) is 3.92. The van der Waals surface area contributed by atoms with Crippen LogP contribution in [0.1, 0.15) is 34.1 Å². The Kier molecular flexibility index (Phi) is 7.19. The van der Waals surface area contributed by atoms with Gasteiger partial charge in [0.05, 0.1) is 11.3 Å². The monoisotopic (exact) mass is 371 g/mol. The molecule has 6 nitrogen and oxygen atoms in total. The molecule has 2 rings (SSSR count).